The first-order valence-corrected chi connectivity index (χ1v) is 7.26. The van der Waals surface area contributed by atoms with Crippen LogP contribution in [0.3, 0.4) is 0 Å². The maximum absolute atomic E-state index is 12.8. The second kappa shape index (κ2) is 6.92. The highest BCUT2D eigenvalue weighted by Gasteiger charge is 2.28. The van der Waals surface area contributed by atoms with Crippen molar-refractivity contribution in [2.75, 3.05) is 5.32 Å². The second-order valence-electron chi connectivity index (χ2n) is 4.01. The summed E-state index contributed by atoms with van der Waals surface area (Å²) in [6.45, 7) is -0.474. The summed E-state index contributed by atoms with van der Waals surface area (Å²) in [5.41, 5.74) is 0.942. The van der Waals surface area contributed by atoms with Crippen LogP contribution in [0.1, 0.15) is 17.2 Å². The van der Waals surface area contributed by atoms with Crippen molar-refractivity contribution in [2.24, 2.45) is 0 Å². The van der Waals surface area contributed by atoms with E-state index in [1.165, 1.54) is 0 Å². The molecule has 2 rings (SSSR count). The standard InChI is InChI=1S/C12H9Cl4FN4/c13-8-3-1-7(2-4-8)6-18-11-20-9(5-17)19-10(21-11)12(14,15)16/h1-4H,5-6H2,(H,18,19,20,21). The Bertz CT molecular complexity index is 616. The molecule has 0 saturated carbocycles. The molecule has 0 atom stereocenters. The maximum atomic E-state index is 12.8. The Balaban J connectivity index is 2.17. The summed E-state index contributed by atoms with van der Waals surface area (Å²) in [4.78, 5) is 11.6. The van der Waals surface area contributed by atoms with E-state index in [0.717, 1.165) is 5.56 Å². The number of nitrogens with zero attached hydrogens (tertiary/aromatic N) is 3. The van der Waals surface area contributed by atoms with Gasteiger partial charge in [0.15, 0.2) is 11.6 Å². The van der Waals surface area contributed by atoms with Crippen LogP contribution >= 0.6 is 46.4 Å². The van der Waals surface area contributed by atoms with Gasteiger partial charge in [-0.05, 0) is 17.7 Å². The van der Waals surface area contributed by atoms with Gasteiger partial charge in [-0.15, -0.1) is 0 Å². The van der Waals surface area contributed by atoms with Gasteiger partial charge < -0.3 is 5.32 Å². The Morgan fingerprint density at radius 3 is 2.29 bits per heavy atom. The summed E-state index contributed by atoms with van der Waals surface area (Å²) in [6.07, 6.45) is 0. The van der Waals surface area contributed by atoms with Crippen molar-refractivity contribution in [3.63, 3.8) is 0 Å². The molecule has 0 saturated heterocycles. The van der Waals surface area contributed by atoms with Crippen LogP contribution in [0.5, 0.6) is 0 Å². The van der Waals surface area contributed by atoms with E-state index < -0.39 is 10.5 Å². The van der Waals surface area contributed by atoms with E-state index in [4.69, 9.17) is 46.4 Å². The molecule has 1 aromatic heterocycles. The van der Waals surface area contributed by atoms with E-state index >= 15 is 0 Å². The van der Waals surface area contributed by atoms with E-state index in [0.29, 0.717) is 11.6 Å². The van der Waals surface area contributed by atoms with Gasteiger partial charge in [0, 0.05) is 11.6 Å². The molecule has 0 spiro atoms. The van der Waals surface area contributed by atoms with Crippen molar-refractivity contribution in [1.29, 1.82) is 0 Å². The average molecular weight is 370 g/mol. The van der Waals surface area contributed by atoms with Gasteiger partial charge in [-0.3, -0.25) is 0 Å². The number of benzene rings is 1. The van der Waals surface area contributed by atoms with E-state index in [2.05, 4.69) is 20.3 Å². The summed E-state index contributed by atoms with van der Waals surface area (Å²) >= 11 is 22.9. The number of aromatic nitrogens is 3. The highest BCUT2D eigenvalue weighted by atomic mass is 35.6. The number of halogens is 5. The fraction of sp³-hybridized carbons (Fsp3) is 0.250. The van der Waals surface area contributed by atoms with Crippen molar-refractivity contribution in [2.45, 2.75) is 17.0 Å². The first-order valence-electron chi connectivity index (χ1n) is 5.75. The van der Waals surface area contributed by atoms with Crippen molar-refractivity contribution in [3.8, 4) is 0 Å². The predicted molar refractivity (Wildman–Crippen MR) is 82.7 cm³/mol. The van der Waals surface area contributed by atoms with Gasteiger partial charge in [0.05, 0.1) is 0 Å². The average Bonchev–Trinajstić information content (AvgIpc) is 2.45. The molecule has 1 aromatic carbocycles. The third-order valence-electron chi connectivity index (χ3n) is 2.42. The Morgan fingerprint density at radius 2 is 1.71 bits per heavy atom. The third-order valence-corrected chi connectivity index (χ3v) is 3.18. The topological polar surface area (TPSA) is 50.7 Å². The number of nitrogens with one attached hydrogen (secondary N) is 1. The van der Waals surface area contributed by atoms with E-state index in [1.807, 2.05) is 12.1 Å². The molecular weight excluding hydrogens is 361 g/mol. The lowest BCUT2D eigenvalue weighted by Gasteiger charge is -2.12. The molecule has 0 aliphatic carbocycles. The van der Waals surface area contributed by atoms with Gasteiger partial charge in [0.1, 0.15) is 6.67 Å². The molecule has 0 fully saturated rings. The summed E-state index contributed by atoms with van der Waals surface area (Å²) in [7, 11) is 0. The van der Waals surface area contributed by atoms with Crippen molar-refractivity contribution >= 4 is 52.4 Å². The number of hydrogen-bond acceptors (Lipinski definition) is 4. The molecule has 4 nitrogen and oxygen atoms in total. The molecule has 0 aliphatic heterocycles. The fourth-order valence-corrected chi connectivity index (χ4v) is 1.85. The highest BCUT2D eigenvalue weighted by molar-refractivity contribution is 6.66. The first-order chi connectivity index (χ1) is 9.88. The van der Waals surface area contributed by atoms with Gasteiger partial charge >= 0.3 is 0 Å². The Hall–Kier alpha value is -0.880. The molecule has 0 aliphatic rings. The predicted octanol–water partition coefficient (Wildman–Crippen LogP) is 4.43. The largest absolute Gasteiger partial charge is 0.350 e. The molecular formula is C12H9Cl4FN4. The molecule has 21 heavy (non-hydrogen) atoms. The number of hydrogen-bond donors (Lipinski definition) is 1. The zero-order chi connectivity index (χ0) is 15.5. The summed E-state index contributed by atoms with van der Waals surface area (Å²) < 4.78 is 10.9. The first kappa shape index (κ1) is 16.5. The molecule has 0 amide bonds. The third kappa shape index (κ3) is 4.81. The molecule has 0 radical (unpaired) electrons. The minimum atomic E-state index is -1.84. The summed E-state index contributed by atoms with van der Waals surface area (Å²) in [6, 6.07) is 7.18. The smallest absolute Gasteiger partial charge is 0.250 e. The lowest BCUT2D eigenvalue weighted by molar-refractivity contribution is 0.462. The van der Waals surface area contributed by atoms with Gasteiger partial charge in [0.25, 0.3) is 0 Å². The van der Waals surface area contributed by atoms with Gasteiger partial charge in [-0.25, -0.2) is 9.37 Å². The zero-order valence-electron chi connectivity index (χ0n) is 10.5. The lowest BCUT2D eigenvalue weighted by Crippen LogP contribution is -2.14. The van der Waals surface area contributed by atoms with Crippen LogP contribution in [0, 0.1) is 0 Å². The van der Waals surface area contributed by atoms with E-state index in [1.54, 1.807) is 12.1 Å². The van der Waals surface area contributed by atoms with Crippen molar-refractivity contribution in [1.82, 2.24) is 15.0 Å². The molecule has 112 valence electrons. The summed E-state index contributed by atoms with van der Waals surface area (Å²) in [5.74, 6) is -0.104. The van der Waals surface area contributed by atoms with Crippen molar-refractivity contribution in [3.05, 3.63) is 46.5 Å². The molecule has 0 bridgehead atoms. The van der Waals surface area contributed by atoms with Crippen LogP contribution in [-0.2, 0) is 17.0 Å². The highest BCUT2D eigenvalue weighted by Crippen LogP contribution is 2.36. The lowest BCUT2D eigenvalue weighted by atomic mass is 10.2. The Kier molecular flexibility index (Phi) is 5.43. The van der Waals surface area contributed by atoms with Crippen LogP contribution < -0.4 is 5.32 Å². The minimum Gasteiger partial charge on any atom is -0.350 e. The SMILES string of the molecule is FCc1nc(NCc2ccc(Cl)cc2)nc(C(Cl)(Cl)Cl)n1. The molecule has 2 aromatic rings. The van der Waals surface area contributed by atoms with Crippen LogP contribution in [-0.4, -0.2) is 15.0 Å². The van der Waals surface area contributed by atoms with Crippen LogP contribution in [0.15, 0.2) is 24.3 Å². The Labute approximate surface area is 140 Å². The molecule has 1 N–H and O–H groups in total. The van der Waals surface area contributed by atoms with Crippen molar-refractivity contribution < 1.29 is 4.39 Å². The Morgan fingerprint density at radius 1 is 1.05 bits per heavy atom. The second-order valence-corrected chi connectivity index (χ2v) is 6.73. The maximum Gasteiger partial charge on any atom is 0.250 e. The van der Waals surface area contributed by atoms with Crippen LogP contribution in [0.2, 0.25) is 5.02 Å². The quantitative estimate of drug-likeness (QED) is 0.809. The number of anilines is 1. The number of rotatable bonds is 4. The van der Waals surface area contributed by atoms with Gasteiger partial charge in [-0.1, -0.05) is 58.5 Å². The zero-order valence-corrected chi connectivity index (χ0v) is 13.5. The molecule has 9 heteroatoms. The molecule has 1 heterocycles. The van der Waals surface area contributed by atoms with Crippen LogP contribution in [0.4, 0.5) is 10.3 Å². The van der Waals surface area contributed by atoms with E-state index in [-0.39, 0.29) is 17.6 Å². The minimum absolute atomic E-state index is 0.107. The van der Waals surface area contributed by atoms with E-state index in [9.17, 15) is 4.39 Å². The monoisotopic (exact) mass is 368 g/mol. The summed E-state index contributed by atoms with van der Waals surface area (Å²) in [5, 5.41) is 3.56. The number of alkyl halides is 4. The molecule has 0 unspecified atom stereocenters. The van der Waals surface area contributed by atoms with Crippen LogP contribution in [0.25, 0.3) is 0 Å². The van der Waals surface area contributed by atoms with Gasteiger partial charge in [-0.2, -0.15) is 9.97 Å². The normalized spacial score (nSPS) is 11.5. The van der Waals surface area contributed by atoms with Gasteiger partial charge in [0.2, 0.25) is 9.74 Å². The fourth-order valence-electron chi connectivity index (χ4n) is 1.47.